The Labute approximate surface area is 66.4 Å². The summed E-state index contributed by atoms with van der Waals surface area (Å²) in [5.41, 5.74) is 0.942. The summed E-state index contributed by atoms with van der Waals surface area (Å²) in [6.45, 7) is 3.55. The Morgan fingerprint density at radius 2 is 2.00 bits per heavy atom. The monoisotopic (exact) mass is 145 g/mol. The van der Waals surface area contributed by atoms with Gasteiger partial charge in [0.1, 0.15) is 0 Å². The summed E-state index contributed by atoms with van der Waals surface area (Å²) in [5.74, 6) is -0.281. The highest BCUT2D eigenvalue weighted by molar-refractivity contribution is 5.65. The van der Waals surface area contributed by atoms with Crippen molar-refractivity contribution in [3.8, 4) is 0 Å². The van der Waals surface area contributed by atoms with Crippen LogP contribution >= 0.6 is 0 Å². The SMILES string of the molecule is C=CC([C]=O)c1ccccc1. The second-order valence-electron chi connectivity index (χ2n) is 2.24. The Morgan fingerprint density at radius 3 is 2.45 bits per heavy atom. The molecular formula is C10H9O. The normalized spacial score (nSPS) is 12.0. The number of benzene rings is 1. The van der Waals surface area contributed by atoms with Crippen LogP contribution in [-0.2, 0) is 4.79 Å². The molecule has 1 radical (unpaired) electrons. The third-order valence-electron chi connectivity index (χ3n) is 1.52. The first-order valence-electron chi connectivity index (χ1n) is 3.43. The first kappa shape index (κ1) is 7.73. The first-order valence-corrected chi connectivity index (χ1v) is 3.43. The van der Waals surface area contributed by atoms with Crippen molar-refractivity contribution < 1.29 is 4.79 Å². The summed E-state index contributed by atoms with van der Waals surface area (Å²) in [7, 11) is 0. The van der Waals surface area contributed by atoms with Crippen LogP contribution in [0.25, 0.3) is 0 Å². The van der Waals surface area contributed by atoms with Gasteiger partial charge in [0, 0.05) is 0 Å². The quantitative estimate of drug-likeness (QED) is 0.595. The van der Waals surface area contributed by atoms with Gasteiger partial charge in [0.2, 0.25) is 6.29 Å². The van der Waals surface area contributed by atoms with Gasteiger partial charge in [-0.3, -0.25) is 4.79 Å². The first-order chi connectivity index (χ1) is 5.38. The summed E-state index contributed by atoms with van der Waals surface area (Å²) < 4.78 is 0. The van der Waals surface area contributed by atoms with Crippen molar-refractivity contribution in [3.63, 3.8) is 0 Å². The van der Waals surface area contributed by atoms with Crippen molar-refractivity contribution in [1.82, 2.24) is 0 Å². The zero-order valence-electron chi connectivity index (χ0n) is 6.16. The summed E-state index contributed by atoms with van der Waals surface area (Å²) in [4.78, 5) is 10.3. The van der Waals surface area contributed by atoms with Gasteiger partial charge in [-0.2, -0.15) is 0 Å². The van der Waals surface area contributed by atoms with Crippen LogP contribution in [0.2, 0.25) is 0 Å². The number of carbonyl (C=O) groups excluding carboxylic acids is 1. The molecule has 0 saturated heterocycles. The Kier molecular flexibility index (Phi) is 2.61. The average molecular weight is 145 g/mol. The van der Waals surface area contributed by atoms with E-state index in [4.69, 9.17) is 0 Å². The number of rotatable bonds is 3. The van der Waals surface area contributed by atoms with Crippen molar-refractivity contribution in [1.29, 1.82) is 0 Å². The van der Waals surface area contributed by atoms with Gasteiger partial charge in [-0.25, -0.2) is 0 Å². The summed E-state index contributed by atoms with van der Waals surface area (Å²) >= 11 is 0. The van der Waals surface area contributed by atoms with Crippen molar-refractivity contribution >= 4 is 6.29 Å². The van der Waals surface area contributed by atoms with Gasteiger partial charge in [-0.15, -0.1) is 6.58 Å². The van der Waals surface area contributed by atoms with Crippen LogP contribution in [-0.4, -0.2) is 6.29 Å². The molecule has 0 N–H and O–H groups in total. The molecule has 0 bridgehead atoms. The van der Waals surface area contributed by atoms with Crippen LogP contribution in [0.3, 0.4) is 0 Å². The Balaban J connectivity index is 2.90. The molecule has 1 heteroatoms. The smallest absolute Gasteiger partial charge is 0.210 e. The summed E-state index contributed by atoms with van der Waals surface area (Å²) in [6, 6.07) is 9.47. The largest absolute Gasteiger partial charge is 0.290 e. The second kappa shape index (κ2) is 3.71. The van der Waals surface area contributed by atoms with Crippen LogP contribution in [0.15, 0.2) is 43.0 Å². The molecule has 0 aliphatic heterocycles. The van der Waals surface area contributed by atoms with Crippen molar-refractivity contribution in [2.24, 2.45) is 0 Å². The van der Waals surface area contributed by atoms with E-state index in [0.717, 1.165) is 5.56 Å². The molecule has 0 heterocycles. The third kappa shape index (κ3) is 1.77. The fraction of sp³-hybridized carbons (Fsp3) is 0.100. The highest BCUT2D eigenvalue weighted by Crippen LogP contribution is 2.12. The average Bonchev–Trinajstić information content (AvgIpc) is 2.09. The van der Waals surface area contributed by atoms with Gasteiger partial charge in [-0.1, -0.05) is 36.4 Å². The van der Waals surface area contributed by atoms with E-state index in [-0.39, 0.29) is 5.92 Å². The highest BCUT2D eigenvalue weighted by atomic mass is 16.1. The van der Waals surface area contributed by atoms with Crippen molar-refractivity contribution in [2.75, 3.05) is 0 Å². The van der Waals surface area contributed by atoms with E-state index in [1.54, 1.807) is 6.08 Å². The predicted octanol–water partition coefficient (Wildman–Crippen LogP) is 2.07. The highest BCUT2D eigenvalue weighted by Gasteiger charge is 2.03. The van der Waals surface area contributed by atoms with Crippen LogP contribution in [0.4, 0.5) is 0 Å². The fourth-order valence-corrected chi connectivity index (χ4v) is 0.913. The molecule has 0 saturated carbocycles. The second-order valence-corrected chi connectivity index (χ2v) is 2.24. The molecule has 0 fully saturated rings. The van der Waals surface area contributed by atoms with E-state index < -0.39 is 0 Å². The van der Waals surface area contributed by atoms with E-state index in [1.807, 2.05) is 36.6 Å². The zero-order chi connectivity index (χ0) is 8.10. The standard InChI is InChI=1S/C10H9O/c1-2-9(8-11)10-6-4-3-5-7-10/h2-7,9H,1H2. The predicted molar refractivity (Wildman–Crippen MR) is 45.1 cm³/mol. The van der Waals surface area contributed by atoms with Gasteiger partial charge < -0.3 is 0 Å². The van der Waals surface area contributed by atoms with E-state index in [9.17, 15) is 4.79 Å². The maximum absolute atomic E-state index is 10.3. The lowest BCUT2D eigenvalue weighted by Gasteiger charge is -2.01. The summed E-state index contributed by atoms with van der Waals surface area (Å²) in [5, 5.41) is 0. The van der Waals surface area contributed by atoms with Crippen LogP contribution in [0.1, 0.15) is 11.5 Å². The Hall–Kier alpha value is -1.37. The molecule has 1 aromatic rings. The molecule has 1 aromatic carbocycles. The molecule has 1 nitrogen and oxygen atoms in total. The molecule has 1 unspecified atom stereocenters. The van der Waals surface area contributed by atoms with E-state index in [0.29, 0.717) is 0 Å². The minimum Gasteiger partial charge on any atom is -0.290 e. The van der Waals surface area contributed by atoms with Crippen LogP contribution in [0, 0.1) is 0 Å². The Bertz CT molecular complexity index is 230. The van der Waals surface area contributed by atoms with Gasteiger partial charge in [-0.05, 0) is 5.56 Å². The van der Waals surface area contributed by atoms with Gasteiger partial charge in [0.15, 0.2) is 0 Å². The zero-order valence-corrected chi connectivity index (χ0v) is 6.16. The van der Waals surface area contributed by atoms with Gasteiger partial charge >= 0.3 is 0 Å². The molecular weight excluding hydrogens is 136 g/mol. The van der Waals surface area contributed by atoms with Gasteiger partial charge in [0.05, 0.1) is 5.92 Å². The molecule has 1 rings (SSSR count). The minimum absolute atomic E-state index is 0.281. The Morgan fingerprint density at radius 1 is 1.36 bits per heavy atom. The molecule has 1 atom stereocenters. The van der Waals surface area contributed by atoms with Crippen molar-refractivity contribution in [2.45, 2.75) is 5.92 Å². The lowest BCUT2D eigenvalue weighted by molar-refractivity contribution is 0.550. The molecule has 0 aliphatic carbocycles. The molecule has 0 aromatic heterocycles. The maximum Gasteiger partial charge on any atom is 0.210 e. The number of allylic oxidation sites excluding steroid dienone is 1. The van der Waals surface area contributed by atoms with Gasteiger partial charge in [0.25, 0.3) is 0 Å². The van der Waals surface area contributed by atoms with Crippen LogP contribution in [0.5, 0.6) is 0 Å². The minimum atomic E-state index is -0.281. The number of hydrogen-bond donors (Lipinski definition) is 0. The molecule has 0 aliphatic rings. The van der Waals surface area contributed by atoms with Crippen molar-refractivity contribution in [3.05, 3.63) is 48.6 Å². The maximum atomic E-state index is 10.3. The third-order valence-corrected chi connectivity index (χ3v) is 1.52. The van der Waals surface area contributed by atoms with Crippen LogP contribution < -0.4 is 0 Å². The molecule has 11 heavy (non-hydrogen) atoms. The topological polar surface area (TPSA) is 17.1 Å². The molecule has 55 valence electrons. The molecule has 0 amide bonds. The van der Waals surface area contributed by atoms with E-state index in [1.165, 1.54) is 0 Å². The van der Waals surface area contributed by atoms with E-state index in [2.05, 4.69) is 6.58 Å². The van der Waals surface area contributed by atoms with E-state index >= 15 is 0 Å². The lowest BCUT2D eigenvalue weighted by Crippen LogP contribution is -1.94. The summed E-state index contributed by atoms with van der Waals surface area (Å²) in [6.07, 6.45) is 3.49. The lowest BCUT2D eigenvalue weighted by atomic mass is 10.0. The fourth-order valence-electron chi connectivity index (χ4n) is 0.913. The number of hydrogen-bond acceptors (Lipinski definition) is 1. The molecule has 0 spiro atoms.